The Morgan fingerprint density at radius 1 is 0.846 bits per heavy atom. The topological polar surface area (TPSA) is 74.8 Å². The van der Waals surface area contributed by atoms with Crippen molar-refractivity contribution < 1.29 is 19.2 Å². The molecule has 0 radical (unpaired) electrons. The number of anilines is 1. The largest absolute Gasteiger partial charge is 0.286 e. The van der Waals surface area contributed by atoms with Crippen molar-refractivity contribution in [1.29, 1.82) is 0 Å². The summed E-state index contributed by atoms with van der Waals surface area (Å²) in [6, 6.07) is 8.77. The van der Waals surface area contributed by atoms with Crippen LogP contribution < -0.4 is 4.90 Å². The third-order valence-electron chi connectivity index (χ3n) is 6.09. The highest BCUT2D eigenvalue weighted by atomic mass is 16.2. The highest BCUT2D eigenvalue weighted by Crippen LogP contribution is 2.52. The van der Waals surface area contributed by atoms with Crippen molar-refractivity contribution in [2.45, 2.75) is 46.0 Å². The van der Waals surface area contributed by atoms with Crippen molar-refractivity contribution in [1.82, 2.24) is 4.90 Å². The van der Waals surface area contributed by atoms with Crippen LogP contribution in [-0.4, -0.2) is 35.6 Å². The van der Waals surface area contributed by atoms with Gasteiger partial charge in [-0.05, 0) is 31.4 Å². The Morgan fingerprint density at radius 3 is 1.73 bits per heavy atom. The van der Waals surface area contributed by atoms with Gasteiger partial charge in [0.15, 0.2) is 0 Å². The number of piperidine rings is 1. The van der Waals surface area contributed by atoms with Crippen molar-refractivity contribution >= 4 is 29.3 Å². The van der Waals surface area contributed by atoms with E-state index in [-0.39, 0.29) is 42.9 Å². The summed E-state index contributed by atoms with van der Waals surface area (Å²) in [7, 11) is 1.43. The number of hydrogen-bond acceptors (Lipinski definition) is 4. The van der Waals surface area contributed by atoms with E-state index in [1.807, 2.05) is 19.9 Å². The van der Waals surface area contributed by atoms with E-state index in [2.05, 4.69) is 0 Å². The lowest BCUT2D eigenvalue weighted by Crippen LogP contribution is -2.63. The molecule has 0 spiro atoms. The van der Waals surface area contributed by atoms with E-state index in [0.717, 1.165) is 4.90 Å². The number of imide groups is 2. The fourth-order valence-corrected chi connectivity index (χ4v) is 4.21. The Morgan fingerprint density at radius 2 is 1.31 bits per heavy atom. The second-order valence-corrected chi connectivity index (χ2v) is 7.43. The van der Waals surface area contributed by atoms with E-state index < -0.39 is 10.8 Å². The van der Waals surface area contributed by atoms with E-state index in [1.165, 1.54) is 11.9 Å². The molecule has 2 atom stereocenters. The molecule has 0 saturated carbocycles. The number of amides is 4. The van der Waals surface area contributed by atoms with Gasteiger partial charge in [-0.25, -0.2) is 4.90 Å². The van der Waals surface area contributed by atoms with Gasteiger partial charge in [0.2, 0.25) is 23.6 Å². The van der Waals surface area contributed by atoms with Crippen molar-refractivity contribution in [2.24, 2.45) is 10.8 Å². The van der Waals surface area contributed by atoms with Crippen LogP contribution in [0.15, 0.2) is 30.3 Å². The Kier molecular flexibility index (Phi) is 4.46. The van der Waals surface area contributed by atoms with Gasteiger partial charge in [0.25, 0.3) is 0 Å². The summed E-state index contributed by atoms with van der Waals surface area (Å²) in [4.78, 5) is 54.2. The number of likely N-dealkylation sites (tertiary alicyclic amines) is 1. The van der Waals surface area contributed by atoms with Crippen LogP contribution in [0.4, 0.5) is 5.69 Å². The SMILES string of the molecule is CCC12CC(=O)N(C)C(=O)CC(CC)(C1)C(=O)N(c1ccccc1)C2=O. The third-order valence-corrected chi connectivity index (χ3v) is 6.09. The van der Waals surface area contributed by atoms with E-state index in [0.29, 0.717) is 18.5 Å². The quantitative estimate of drug-likeness (QED) is 0.780. The van der Waals surface area contributed by atoms with Gasteiger partial charge in [-0.3, -0.25) is 24.1 Å². The van der Waals surface area contributed by atoms with Gasteiger partial charge in [0.1, 0.15) is 0 Å². The third kappa shape index (κ3) is 2.55. The molecule has 2 heterocycles. The Labute approximate surface area is 153 Å². The van der Waals surface area contributed by atoms with Crippen LogP contribution in [0.2, 0.25) is 0 Å². The van der Waals surface area contributed by atoms with Gasteiger partial charge in [-0.15, -0.1) is 0 Å². The van der Waals surface area contributed by atoms with Crippen LogP contribution in [-0.2, 0) is 19.2 Å². The number of rotatable bonds is 3. The maximum absolute atomic E-state index is 13.4. The zero-order chi connectivity index (χ0) is 19.1. The van der Waals surface area contributed by atoms with Crippen LogP contribution in [0, 0.1) is 10.8 Å². The number of fused-ring (bicyclic) bond motifs is 2. The molecule has 0 aliphatic carbocycles. The summed E-state index contributed by atoms with van der Waals surface area (Å²) in [6.07, 6.45) is 1.03. The molecule has 26 heavy (non-hydrogen) atoms. The molecule has 2 bridgehead atoms. The minimum absolute atomic E-state index is 0.0526. The Bertz CT molecular complexity index is 731. The minimum Gasteiger partial charge on any atom is -0.286 e. The second-order valence-electron chi connectivity index (χ2n) is 7.43. The van der Waals surface area contributed by atoms with Crippen LogP contribution >= 0.6 is 0 Å². The number of nitrogens with zero attached hydrogens (tertiary/aromatic N) is 2. The first-order valence-corrected chi connectivity index (χ1v) is 9.04. The lowest BCUT2D eigenvalue weighted by molar-refractivity contribution is -0.162. The van der Waals surface area contributed by atoms with Crippen LogP contribution in [0.5, 0.6) is 0 Å². The fraction of sp³-hybridized carbons (Fsp3) is 0.500. The molecule has 1 aromatic carbocycles. The summed E-state index contributed by atoms with van der Waals surface area (Å²) in [5.74, 6) is -1.40. The maximum Gasteiger partial charge on any atom is 0.240 e. The molecule has 0 N–H and O–H groups in total. The number of hydrogen-bond donors (Lipinski definition) is 0. The standard InChI is InChI=1S/C20H24N2O4/c1-4-19-11-15(23)21(3)16(24)12-20(5-2,13-19)18(26)22(17(19)25)14-9-7-6-8-10-14/h6-10H,4-5,11-13H2,1-3H3. The van der Waals surface area contributed by atoms with Gasteiger partial charge >= 0.3 is 0 Å². The molecule has 2 unspecified atom stereocenters. The normalized spacial score (nSPS) is 29.7. The Balaban J connectivity index is 2.20. The highest BCUT2D eigenvalue weighted by molar-refractivity contribution is 6.22. The molecule has 3 rings (SSSR count). The van der Waals surface area contributed by atoms with E-state index in [1.54, 1.807) is 24.3 Å². The minimum atomic E-state index is -0.966. The Hall–Kier alpha value is -2.50. The molecule has 138 valence electrons. The summed E-state index contributed by atoms with van der Waals surface area (Å²) < 4.78 is 0. The average Bonchev–Trinajstić information content (AvgIpc) is 2.65. The fourth-order valence-electron chi connectivity index (χ4n) is 4.21. The van der Waals surface area contributed by atoms with Gasteiger partial charge in [-0.1, -0.05) is 32.0 Å². The molecule has 0 aromatic heterocycles. The highest BCUT2D eigenvalue weighted by Gasteiger charge is 2.60. The average molecular weight is 356 g/mol. The molecular formula is C20H24N2O4. The zero-order valence-corrected chi connectivity index (χ0v) is 15.4. The molecule has 2 aliphatic heterocycles. The lowest BCUT2D eigenvalue weighted by Gasteiger charge is -2.50. The van der Waals surface area contributed by atoms with Crippen molar-refractivity contribution in [2.75, 3.05) is 11.9 Å². The van der Waals surface area contributed by atoms with Gasteiger partial charge in [0, 0.05) is 19.9 Å². The first-order chi connectivity index (χ1) is 12.3. The van der Waals surface area contributed by atoms with E-state index >= 15 is 0 Å². The van der Waals surface area contributed by atoms with Crippen molar-refractivity contribution in [3.05, 3.63) is 30.3 Å². The first kappa shape index (κ1) is 18.3. The number of carbonyl (C=O) groups is 4. The number of para-hydroxylation sites is 1. The molecule has 6 nitrogen and oxygen atoms in total. The molecule has 2 aliphatic rings. The predicted molar refractivity (Wildman–Crippen MR) is 96.0 cm³/mol. The summed E-state index contributed by atoms with van der Waals surface area (Å²) >= 11 is 0. The predicted octanol–water partition coefficient (Wildman–Crippen LogP) is 2.52. The molecule has 4 amide bonds. The molecular weight excluding hydrogens is 332 g/mol. The summed E-state index contributed by atoms with van der Waals surface area (Å²) in [6.45, 7) is 3.74. The van der Waals surface area contributed by atoms with E-state index in [9.17, 15) is 19.2 Å². The summed E-state index contributed by atoms with van der Waals surface area (Å²) in [5, 5.41) is 0. The molecule has 6 heteroatoms. The second kappa shape index (κ2) is 6.34. The van der Waals surface area contributed by atoms with E-state index in [4.69, 9.17) is 0 Å². The molecule has 2 saturated heterocycles. The lowest BCUT2D eigenvalue weighted by atomic mass is 9.60. The smallest absolute Gasteiger partial charge is 0.240 e. The van der Waals surface area contributed by atoms with Gasteiger partial charge in [-0.2, -0.15) is 0 Å². The van der Waals surface area contributed by atoms with Crippen LogP contribution in [0.25, 0.3) is 0 Å². The van der Waals surface area contributed by atoms with Gasteiger partial charge < -0.3 is 0 Å². The van der Waals surface area contributed by atoms with Gasteiger partial charge in [0.05, 0.1) is 16.5 Å². The van der Waals surface area contributed by atoms with Crippen LogP contribution in [0.1, 0.15) is 46.0 Å². The monoisotopic (exact) mass is 356 g/mol. The zero-order valence-electron chi connectivity index (χ0n) is 15.4. The summed E-state index contributed by atoms with van der Waals surface area (Å²) in [5.41, 5.74) is -1.44. The van der Waals surface area contributed by atoms with Crippen LogP contribution in [0.3, 0.4) is 0 Å². The molecule has 1 aromatic rings. The number of benzene rings is 1. The first-order valence-electron chi connectivity index (χ1n) is 9.04. The maximum atomic E-state index is 13.4. The van der Waals surface area contributed by atoms with Crippen molar-refractivity contribution in [3.63, 3.8) is 0 Å². The van der Waals surface area contributed by atoms with Crippen molar-refractivity contribution in [3.8, 4) is 0 Å². The molecule has 2 fully saturated rings. The number of carbonyl (C=O) groups excluding carboxylic acids is 4.